The average molecular weight is 814 g/mol. The molecule has 0 saturated carbocycles. The van der Waals surface area contributed by atoms with Gasteiger partial charge in [-0.25, -0.2) is 4.98 Å². The Morgan fingerprint density at radius 2 is 1.53 bits per heavy atom. The first kappa shape index (κ1) is 54.7. The van der Waals surface area contributed by atoms with Crippen LogP contribution in [0.5, 0.6) is 0 Å². The maximum absolute atomic E-state index is 11.3. The number of oxazole rings is 1. The second-order valence-corrected chi connectivity index (χ2v) is 12.5. The number of amides is 2. The lowest BCUT2D eigenvalue weighted by Crippen LogP contribution is -2.37. The van der Waals surface area contributed by atoms with Crippen molar-refractivity contribution in [3.63, 3.8) is 0 Å². The monoisotopic (exact) mass is 814 g/mol. The molecule has 4 aromatic rings. The molecule has 2 aliphatic rings. The van der Waals surface area contributed by atoms with Gasteiger partial charge in [-0.1, -0.05) is 78.6 Å². The number of likely N-dealkylation sites (N-methyl/N-ethyl adjacent to an activating group) is 2. The molecule has 2 amide bonds. The molecule has 58 heavy (non-hydrogen) atoms. The van der Waals surface area contributed by atoms with E-state index in [1.54, 1.807) is 24.5 Å². The van der Waals surface area contributed by atoms with Crippen LogP contribution in [0.2, 0.25) is 0 Å². The molecule has 1 aromatic carbocycles. The molecule has 0 spiro atoms. The summed E-state index contributed by atoms with van der Waals surface area (Å²) in [6.45, 7) is 17.7. The number of nitrogens with one attached hydrogen (secondary N) is 4. The Kier molecular flexibility index (Phi) is 34.0. The number of methoxy groups -OCH3 is 1. The first-order valence-corrected chi connectivity index (χ1v) is 20.0. The van der Waals surface area contributed by atoms with E-state index >= 15 is 0 Å². The molecule has 5 heterocycles. The number of nitrogens with zero attached hydrogens (tertiary/aromatic N) is 5. The van der Waals surface area contributed by atoms with E-state index in [2.05, 4.69) is 68.2 Å². The summed E-state index contributed by atoms with van der Waals surface area (Å²) in [6, 6.07) is 8.38. The number of imidazole rings is 2. The number of aromatic amines is 1. The molecule has 2 fully saturated rings. The molecule has 2 aliphatic heterocycles. The summed E-state index contributed by atoms with van der Waals surface area (Å²) in [4.78, 5) is 65.7. The van der Waals surface area contributed by atoms with Gasteiger partial charge in [0.1, 0.15) is 12.6 Å². The van der Waals surface area contributed by atoms with Gasteiger partial charge in [0.05, 0.1) is 56.4 Å². The Labute approximate surface area is 345 Å². The molecule has 0 unspecified atom stereocenters. The minimum absolute atomic E-state index is 0.0303. The van der Waals surface area contributed by atoms with E-state index in [0.717, 1.165) is 74.0 Å². The summed E-state index contributed by atoms with van der Waals surface area (Å²) in [5.41, 5.74) is 4.02. The second-order valence-electron chi connectivity index (χ2n) is 12.5. The third kappa shape index (κ3) is 23.7. The number of anilines is 1. The van der Waals surface area contributed by atoms with Crippen LogP contribution in [0.4, 0.5) is 5.88 Å². The van der Waals surface area contributed by atoms with Crippen molar-refractivity contribution in [3.8, 4) is 22.5 Å². The van der Waals surface area contributed by atoms with Crippen molar-refractivity contribution in [2.75, 3.05) is 66.3 Å². The molecule has 4 N–H and O–H groups in total. The number of rotatable bonds is 9. The SMILES string of the molecule is CC.CC(=O)NCC(=O)N1CCCC1.CCC.CCC.CN1CCC[C@H]1C=O.CNCC=O.CNc1cn2cc(-c3ccc(-c4cnc[nH]4)cc3)nc2o1.COC=O. The predicted molar refractivity (Wildman–Crippen MR) is 233 cm³/mol. The highest BCUT2D eigenvalue weighted by molar-refractivity contribution is 5.83. The van der Waals surface area contributed by atoms with E-state index in [4.69, 9.17) is 9.21 Å². The van der Waals surface area contributed by atoms with Gasteiger partial charge < -0.3 is 44.6 Å². The zero-order chi connectivity index (χ0) is 44.1. The number of hydrogen-bond donors (Lipinski definition) is 4. The van der Waals surface area contributed by atoms with Crippen LogP contribution in [-0.2, 0) is 28.7 Å². The first-order valence-electron chi connectivity index (χ1n) is 20.0. The largest absolute Gasteiger partial charge is 0.471 e. The quantitative estimate of drug-likeness (QED) is 0.142. The van der Waals surface area contributed by atoms with Crippen LogP contribution >= 0.6 is 0 Å². The van der Waals surface area contributed by atoms with Gasteiger partial charge in [0.15, 0.2) is 0 Å². The summed E-state index contributed by atoms with van der Waals surface area (Å²) in [6.07, 6.45) is 16.1. The number of likely N-dealkylation sites (tertiary alicyclic amines) is 2. The van der Waals surface area contributed by atoms with Crippen LogP contribution in [0.25, 0.3) is 28.4 Å². The molecular weight excluding hydrogens is 743 g/mol. The van der Waals surface area contributed by atoms with E-state index in [-0.39, 0.29) is 24.4 Å². The third-order valence-electron chi connectivity index (χ3n) is 7.46. The van der Waals surface area contributed by atoms with Crippen molar-refractivity contribution in [1.29, 1.82) is 0 Å². The molecular formula is C42H71N9O7. The fourth-order valence-electron chi connectivity index (χ4n) is 4.75. The van der Waals surface area contributed by atoms with Gasteiger partial charge in [-0.15, -0.1) is 0 Å². The number of aldehydes is 2. The molecule has 326 valence electrons. The van der Waals surface area contributed by atoms with Crippen LogP contribution < -0.4 is 16.0 Å². The summed E-state index contributed by atoms with van der Waals surface area (Å²) < 4.78 is 11.3. The fourth-order valence-corrected chi connectivity index (χ4v) is 4.75. The predicted octanol–water partition coefficient (Wildman–Crippen LogP) is 6.10. The van der Waals surface area contributed by atoms with Crippen molar-refractivity contribution in [3.05, 3.63) is 49.2 Å². The lowest BCUT2D eigenvalue weighted by molar-refractivity contribution is -0.131. The second kappa shape index (κ2) is 36.0. The fraction of sp³-hybridized carbons (Fsp3) is 0.548. The summed E-state index contributed by atoms with van der Waals surface area (Å²) in [7, 11) is 6.85. The number of hydrogen-bond acceptors (Lipinski definition) is 12. The van der Waals surface area contributed by atoms with Crippen LogP contribution in [0.1, 0.15) is 87.0 Å². The zero-order valence-electron chi connectivity index (χ0n) is 36.8. The lowest BCUT2D eigenvalue weighted by atomic mass is 10.1. The Bertz CT molecular complexity index is 1570. The zero-order valence-corrected chi connectivity index (χ0v) is 36.8. The van der Waals surface area contributed by atoms with Crippen LogP contribution in [0.3, 0.4) is 0 Å². The molecule has 0 aliphatic carbocycles. The number of ether oxygens (including phenoxy) is 1. The van der Waals surface area contributed by atoms with Crippen molar-refractivity contribution >= 4 is 42.6 Å². The van der Waals surface area contributed by atoms with E-state index < -0.39 is 0 Å². The van der Waals surface area contributed by atoms with E-state index in [1.165, 1.54) is 33.3 Å². The minimum Gasteiger partial charge on any atom is -0.471 e. The molecule has 2 saturated heterocycles. The summed E-state index contributed by atoms with van der Waals surface area (Å²) >= 11 is 0. The summed E-state index contributed by atoms with van der Waals surface area (Å²) in [5.74, 6) is 1.15. The van der Waals surface area contributed by atoms with Crippen LogP contribution in [0.15, 0.2) is 53.6 Å². The van der Waals surface area contributed by atoms with Crippen molar-refractivity contribution in [2.45, 2.75) is 93.0 Å². The topological polar surface area (TPSA) is 196 Å². The number of H-pyrrole nitrogens is 1. The van der Waals surface area contributed by atoms with Crippen molar-refractivity contribution in [2.24, 2.45) is 0 Å². The standard InChI is InChI=1S/C15H13N5O.C8H14N2O2.C6H11NO.C3H7NO.2C3H8.C2H4O2.C2H6/c1-16-14-8-20-7-13(19-15(20)21-14)11-4-2-10(3-5-11)12-6-17-9-18-12;1-7(11)9-6-8(12)10-4-2-3-5-10;1-7-4-2-3-6(7)5-8;1-4-2-3-5;2*1-3-2;1-4-2-3;1-2/h2-9,16H,1H3,(H,17,18);2-6H2,1H3,(H,9,11);5-6H,2-4H2,1H3;3-4H,2H2,1H3;2*3H2,1-2H3;2H,1H3;1-2H3/t;;6-;;;;;/m..0...../s1. The van der Waals surface area contributed by atoms with Crippen LogP contribution in [-0.4, -0.2) is 127 Å². The molecule has 3 aromatic heterocycles. The highest BCUT2D eigenvalue weighted by Gasteiger charge is 2.19. The Morgan fingerprint density at radius 1 is 0.948 bits per heavy atom. The molecule has 16 heteroatoms. The Morgan fingerprint density at radius 3 is 1.91 bits per heavy atom. The summed E-state index contributed by atoms with van der Waals surface area (Å²) in [5, 5.41) is 8.09. The smallest absolute Gasteiger partial charge is 0.308 e. The van der Waals surface area contributed by atoms with E-state index in [0.29, 0.717) is 24.7 Å². The van der Waals surface area contributed by atoms with Crippen molar-refractivity contribution in [1.82, 2.24) is 39.8 Å². The number of aromatic nitrogens is 4. The van der Waals surface area contributed by atoms with Gasteiger partial charge in [0.25, 0.3) is 6.47 Å². The minimum atomic E-state index is -0.150. The van der Waals surface area contributed by atoms with Gasteiger partial charge in [0.2, 0.25) is 17.7 Å². The molecule has 1 atom stereocenters. The average Bonchev–Trinajstić information content (AvgIpc) is 4.09. The number of carbonyl (C=O) groups excluding carboxylic acids is 5. The van der Waals surface area contributed by atoms with E-state index in [1.807, 2.05) is 69.0 Å². The van der Waals surface area contributed by atoms with Gasteiger partial charge >= 0.3 is 5.84 Å². The Balaban J connectivity index is 0. The molecule has 16 nitrogen and oxygen atoms in total. The number of benzene rings is 1. The maximum Gasteiger partial charge on any atom is 0.308 e. The molecule has 0 radical (unpaired) electrons. The normalized spacial score (nSPS) is 13.4. The molecule has 0 bridgehead atoms. The van der Waals surface area contributed by atoms with Gasteiger partial charge in [-0.05, 0) is 51.9 Å². The van der Waals surface area contributed by atoms with E-state index in [9.17, 15) is 19.2 Å². The van der Waals surface area contributed by atoms with Crippen LogP contribution in [0, 0.1) is 0 Å². The third-order valence-corrected chi connectivity index (χ3v) is 7.46. The lowest BCUT2D eigenvalue weighted by Gasteiger charge is -2.14. The number of carbonyl (C=O) groups is 5. The Hall–Kier alpha value is -5.35. The van der Waals surface area contributed by atoms with Gasteiger partial charge in [-0.3, -0.25) is 23.7 Å². The first-order chi connectivity index (χ1) is 28.0. The van der Waals surface area contributed by atoms with Crippen molar-refractivity contribution < 1.29 is 33.1 Å². The highest BCUT2D eigenvalue weighted by atomic mass is 16.5. The van der Waals surface area contributed by atoms with Gasteiger partial charge in [0, 0.05) is 38.8 Å². The maximum atomic E-state index is 11.3. The number of fused-ring (bicyclic) bond motifs is 1. The highest BCUT2D eigenvalue weighted by Crippen LogP contribution is 2.25. The van der Waals surface area contributed by atoms with Gasteiger partial charge in [-0.2, -0.15) is 4.98 Å². The molecule has 6 rings (SSSR count).